The number of methoxy groups -OCH3 is 1. The molecular formula is C17H27N3O. The van der Waals surface area contributed by atoms with Crippen molar-refractivity contribution >= 4 is 5.96 Å². The SMILES string of the molecule is CCNC(=NCCCc1ccc(OC)cc1)N1CCCC1. The van der Waals surface area contributed by atoms with Gasteiger partial charge in [-0.15, -0.1) is 0 Å². The number of ether oxygens (including phenoxy) is 1. The van der Waals surface area contributed by atoms with Crippen molar-refractivity contribution < 1.29 is 4.74 Å². The first kappa shape index (κ1) is 15.7. The third kappa shape index (κ3) is 4.96. The van der Waals surface area contributed by atoms with Crippen LogP contribution in [0.2, 0.25) is 0 Å². The second-order valence-electron chi connectivity index (χ2n) is 5.38. The second kappa shape index (κ2) is 8.55. The normalized spacial score (nSPS) is 15.3. The average Bonchev–Trinajstić information content (AvgIpc) is 3.05. The van der Waals surface area contributed by atoms with Gasteiger partial charge in [0.05, 0.1) is 7.11 Å². The Morgan fingerprint density at radius 3 is 2.57 bits per heavy atom. The highest BCUT2D eigenvalue weighted by atomic mass is 16.5. The van der Waals surface area contributed by atoms with E-state index in [0.29, 0.717) is 0 Å². The lowest BCUT2D eigenvalue weighted by molar-refractivity contribution is 0.414. The van der Waals surface area contributed by atoms with Crippen LogP contribution < -0.4 is 10.1 Å². The lowest BCUT2D eigenvalue weighted by Crippen LogP contribution is -2.39. The van der Waals surface area contributed by atoms with Gasteiger partial charge in [0.15, 0.2) is 5.96 Å². The van der Waals surface area contributed by atoms with Crippen molar-refractivity contribution in [2.45, 2.75) is 32.6 Å². The summed E-state index contributed by atoms with van der Waals surface area (Å²) < 4.78 is 5.17. The van der Waals surface area contributed by atoms with Gasteiger partial charge in [-0.1, -0.05) is 12.1 Å². The summed E-state index contributed by atoms with van der Waals surface area (Å²) in [5, 5.41) is 3.40. The Labute approximate surface area is 128 Å². The van der Waals surface area contributed by atoms with Gasteiger partial charge in [-0.25, -0.2) is 0 Å². The number of benzene rings is 1. The van der Waals surface area contributed by atoms with E-state index in [1.54, 1.807) is 7.11 Å². The fourth-order valence-corrected chi connectivity index (χ4v) is 2.62. The van der Waals surface area contributed by atoms with Gasteiger partial charge in [0, 0.05) is 26.2 Å². The van der Waals surface area contributed by atoms with Crippen LogP contribution in [0.1, 0.15) is 31.7 Å². The van der Waals surface area contributed by atoms with Crippen LogP contribution in [0.5, 0.6) is 5.75 Å². The third-order valence-electron chi connectivity index (χ3n) is 3.78. The molecule has 0 bridgehead atoms. The lowest BCUT2D eigenvalue weighted by Gasteiger charge is -2.20. The van der Waals surface area contributed by atoms with Crippen LogP contribution in [-0.4, -0.2) is 44.1 Å². The standard InChI is InChI=1S/C17H27N3O/c1-3-18-17(20-13-4-5-14-20)19-12-6-7-15-8-10-16(21-2)11-9-15/h8-11H,3-7,12-14H2,1-2H3,(H,18,19). The molecule has 4 nitrogen and oxygen atoms in total. The first-order valence-electron chi connectivity index (χ1n) is 7.99. The van der Waals surface area contributed by atoms with Crippen LogP contribution in [0.15, 0.2) is 29.3 Å². The van der Waals surface area contributed by atoms with E-state index in [-0.39, 0.29) is 0 Å². The van der Waals surface area contributed by atoms with Crippen molar-refractivity contribution in [1.82, 2.24) is 10.2 Å². The minimum atomic E-state index is 0.880. The van der Waals surface area contributed by atoms with Crippen molar-refractivity contribution in [1.29, 1.82) is 0 Å². The van der Waals surface area contributed by atoms with E-state index in [1.807, 2.05) is 12.1 Å². The van der Waals surface area contributed by atoms with Gasteiger partial charge in [0.25, 0.3) is 0 Å². The van der Waals surface area contributed by atoms with Gasteiger partial charge in [0.2, 0.25) is 0 Å². The van der Waals surface area contributed by atoms with Crippen molar-refractivity contribution in [3.63, 3.8) is 0 Å². The lowest BCUT2D eigenvalue weighted by atomic mass is 10.1. The van der Waals surface area contributed by atoms with Gasteiger partial charge < -0.3 is 15.0 Å². The summed E-state index contributed by atoms with van der Waals surface area (Å²) >= 11 is 0. The molecule has 1 aromatic carbocycles. The predicted molar refractivity (Wildman–Crippen MR) is 88.1 cm³/mol. The fraction of sp³-hybridized carbons (Fsp3) is 0.588. The zero-order valence-electron chi connectivity index (χ0n) is 13.3. The fourth-order valence-electron chi connectivity index (χ4n) is 2.62. The predicted octanol–water partition coefficient (Wildman–Crippen LogP) is 2.69. The molecule has 1 saturated heterocycles. The Morgan fingerprint density at radius 1 is 1.24 bits per heavy atom. The number of likely N-dealkylation sites (tertiary alicyclic amines) is 1. The van der Waals surface area contributed by atoms with E-state index in [1.165, 1.54) is 18.4 Å². The number of rotatable bonds is 6. The number of hydrogen-bond acceptors (Lipinski definition) is 2. The van der Waals surface area contributed by atoms with Gasteiger partial charge >= 0.3 is 0 Å². The highest BCUT2D eigenvalue weighted by molar-refractivity contribution is 5.80. The number of guanidine groups is 1. The van der Waals surface area contributed by atoms with E-state index in [2.05, 4.69) is 29.3 Å². The third-order valence-corrected chi connectivity index (χ3v) is 3.78. The molecule has 0 unspecified atom stereocenters. The average molecular weight is 289 g/mol. The summed E-state index contributed by atoms with van der Waals surface area (Å²) in [6, 6.07) is 8.31. The number of nitrogens with one attached hydrogen (secondary N) is 1. The molecule has 0 aliphatic carbocycles. The smallest absolute Gasteiger partial charge is 0.193 e. The maximum Gasteiger partial charge on any atom is 0.193 e. The Hall–Kier alpha value is -1.71. The molecule has 0 radical (unpaired) electrons. The van der Waals surface area contributed by atoms with Crippen molar-refractivity contribution in [3.8, 4) is 5.75 Å². The molecule has 4 heteroatoms. The Kier molecular flexibility index (Phi) is 6.38. The van der Waals surface area contributed by atoms with Crippen molar-refractivity contribution in [2.75, 3.05) is 33.3 Å². The van der Waals surface area contributed by atoms with Gasteiger partial charge in [-0.3, -0.25) is 4.99 Å². The summed E-state index contributed by atoms with van der Waals surface area (Å²) in [7, 11) is 1.70. The van der Waals surface area contributed by atoms with E-state index in [0.717, 1.165) is 50.7 Å². The first-order valence-corrected chi connectivity index (χ1v) is 7.99. The molecule has 1 aromatic rings. The maximum atomic E-state index is 5.17. The minimum Gasteiger partial charge on any atom is -0.497 e. The summed E-state index contributed by atoms with van der Waals surface area (Å²) in [5.41, 5.74) is 1.34. The van der Waals surface area contributed by atoms with Crippen LogP contribution in [-0.2, 0) is 6.42 Å². The molecule has 21 heavy (non-hydrogen) atoms. The molecule has 0 aromatic heterocycles. The summed E-state index contributed by atoms with van der Waals surface area (Å²) in [6.45, 7) is 6.23. The Balaban J connectivity index is 1.78. The molecule has 2 rings (SSSR count). The molecule has 116 valence electrons. The van der Waals surface area contributed by atoms with E-state index < -0.39 is 0 Å². The molecular weight excluding hydrogens is 262 g/mol. The molecule has 0 saturated carbocycles. The topological polar surface area (TPSA) is 36.9 Å². The number of aliphatic imine (C=N–C) groups is 1. The van der Waals surface area contributed by atoms with Crippen molar-refractivity contribution in [2.24, 2.45) is 4.99 Å². The number of hydrogen-bond donors (Lipinski definition) is 1. The Bertz CT molecular complexity index is 436. The van der Waals surface area contributed by atoms with E-state index in [4.69, 9.17) is 9.73 Å². The largest absolute Gasteiger partial charge is 0.497 e. The molecule has 0 spiro atoms. The van der Waals surface area contributed by atoms with E-state index >= 15 is 0 Å². The van der Waals surface area contributed by atoms with Gasteiger partial charge in [-0.05, 0) is 50.3 Å². The van der Waals surface area contributed by atoms with Crippen LogP contribution in [0.25, 0.3) is 0 Å². The van der Waals surface area contributed by atoms with Gasteiger partial charge in [-0.2, -0.15) is 0 Å². The molecule has 1 aliphatic heterocycles. The summed E-state index contributed by atoms with van der Waals surface area (Å²) in [5.74, 6) is 2.00. The molecule has 0 amide bonds. The van der Waals surface area contributed by atoms with Crippen LogP contribution in [0, 0.1) is 0 Å². The summed E-state index contributed by atoms with van der Waals surface area (Å²) in [4.78, 5) is 7.12. The second-order valence-corrected chi connectivity index (χ2v) is 5.38. The monoisotopic (exact) mass is 289 g/mol. The Morgan fingerprint density at radius 2 is 1.95 bits per heavy atom. The zero-order valence-corrected chi connectivity index (χ0v) is 13.3. The number of nitrogens with zero attached hydrogens (tertiary/aromatic N) is 2. The molecule has 1 fully saturated rings. The zero-order chi connectivity index (χ0) is 14.9. The molecule has 1 aliphatic rings. The molecule has 1 heterocycles. The first-order chi connectivity index (χ1) is 10.3. The maximum absolute atomic E-state index is 5.17. The van der Waals surface area contributed by atoms with Crippen LogP contribution in [0.4, 0.5) is 0 Å². The van der Waals surface area contributed by atoms with E-state index in [9.17, 15) is 0 Å². The number of aryl methyl sites for hydroxylation is 1. The van der Waals surface area contributed by atoms with Crippen molar-refractivity contribution in [3.05, 3.63) is 29.8 Å². The highest BCUT2D eigenvalue weighted by Crippen LogP contribution is 2.12. The quantitative estimate of drug-likeness (QED) is 0.497. The van der Waals surface area contributed by atoms with Gasteiger partial charge in [0.1, 0.15) is 5.75 Å². The van der Waals surface area contributed by atoms with Crippen LogP contribution >= 0.6 is 0 Å². The minimum absolute atomic E-state index is 0.880. The highest BCUT2D eigenvalue weighted by Gasteiger charge is 2.14. The van der Waals surface area contributed by atoms with Crippen LogP contribution in [0.3, 0.4) is 0 Å². The molecule has 0 atom stereocenters. The molecule has 1 N–H and O–H groups in total. The summed E-state index contributed by atoms with van der Waals surface area (Å²) in [6.07, 6.45) is 4.72.